The van der Waals surface area contributed by atoms with Gasteiger partial charge in [-0.25, -0.2) is 4.79 Å². The van der Waals surface area contributed by atoms with Crippen molar-refractivity contribution in [2.24, 2.45) is 0 Å². The third-order valence-electron chi connectivity index (χ3n) is 3.17. The molecule has 0 fully saturated rings. The van der Waals surface area contributed by atoms with Gasteiger partial charge in [-0.2, -0.15) is 0 Å². The Bertz CT molecular complexity index is 883. The van der Waals surface area contributed by atoms with Crippen LogP contribution < -0.4 is 0 Å². The van der Waals surface area contributed by atoms with Crippen molar-refractivity contribution in [3.8, 4) is 0 Å². The third-order valence-corrected chi connectivity index (χ3v) is 4.14. The van der Waals surface area contributed by atoms with Gasteiger partial charge in [0.25, 0.3) is 0 Å². The Morgan fingerprint density at radius 2 is 1.91 bits per heavy atom. The maximum absolute atomic E-state index is 11.6. The number of nitrogens with zero attached hydrogens (tertiary/aromatic N) is 1. The van der Waals surface area contributed by atoms with E-state index in [1.807, 2.05) is 24.3 Å². The molecule has 2 N–H and O–H groups in total. The molecule has 0 aliphatic rings. The number of aromatic amines is 1. The number of carboxylic acid groups (broad SMARTS) is 1. The SMILES string of the molecule is O=C(O)c1c(/C=C/c2ccc(Br)cn2)[nH]c2cc(Br)ccc12. The van der Waals surface area contributed by atoms with Gasteiger partial charge in [-0.3, -0.25) is 4.98 Å². The Hall–Kier alpha value is -1.92. The van der Waals surface area contributed by atoms with Crippen LogP contribution in [0.25, 0.3) is 23.1 Å². The van der Waals surface area contributed by atoms with Gasteiger partial charge in [0.05, 0.1) is 17.0 Å². The molecule has 0 spiro atoms. The molecule has 22 heavy (non-hydrogen) atoms. The first-order valence-corrected chi connectivity index (χ1v) is 7.97. The summed E-state index contributed by atoms with van der Waals surface area (Å²) in [5.74, 6) is -0.961. The molecule has 0 saturated carbocycles. The number of fused-ring (bicyclic) bond motifs is 1. The summed E-state index contributed by atoms with van der Waals surface area (Å²) in [6, 6.07) is 9.20. The minimum absolute atomic E-state index is 0.260. The molecule has 6 heteroatoms. The molecule has 0 atom stereocenters. The lowest BCUT2D eigenvalue weighted by Crippen LogP contribution is -1.97. The number of halogens is 2. The van der Waals surface area contributed by atoms with E-state index in [9.17, 15) is 9.90 Å². The summed E-state index contributed by atoms with van der Waals surface area (Å²) in [5, 5.41) is 10.1. The number of nitrogens with one attached hydrogen (secondary N) is 1. The van der Waals surface area contributed by atoms with Gasteiger partial charge in [0, 0.05) is 26.0 Å². The van der Waals surface area contributed by atoms with Crippen LogP contribution in [0.3, 0.4) is 0 Å². The molecule has 0 radical (unpaired) electrons. The third kappa shape index (κ3) is 2.98. The van der Waals surface area contributed by atoms with E-state index < -0.39 is 5.97 Å². The lowest BCUT2D eigenvalue weighted by atomic mass is 10.1. The summed E-state index contributed by atoms with van der Waals surface area (Å²) in [4.78, 5) is 18.9. The quantitative estimate of drug-likeness (QED) is 0.628. The van der Waals surface area contributed by atoms with Crippen LogP contribution in [-0.2, 0) is 0 Å². The Kier molecular flexibility index (Phi) is 4.13. The molecule has 4 nitrogen and oxygen atoms in total. The van der Waals surface area contributed by atoms with E-state index in [0.717, 1.165) is 20.2 Å². The number of pyridine rings is 1. The predicted octanol–water partition coefficient (Wildman–Crippen LogP) is 4.96. The van der Waals surface area contributed by atoms with Gasteiger partial charge in [0.1, 0.15) is 0 Å². The molecule has 0 saturated heterocycles. The number of aromatic nitrogens is 2. The van der Waals surface area contributed by atoms with Crippen LogP contribution in [0.2, 0.25) is 0 Å². The van der Waals surface area contributed by atoms with Crippen molar-refractivity contribution in [2.45, 2.75) is 0 Å². The van der Waals surface area contributed by atoms with Crippen molar-refractivity contribution >= 4 is 60.9 Å². The zero-order valence-electron chi connectivity index (χ0n) is 11.2. The zero-order valence-corrected chi connectivity index (χ0v) is 14.3. The fraction of sp³-hybridized carbons (Fsp3) is 0. The molecule has 110 valence electrons. The summed E-state index contributed by atoms with van der Waals surface area (Å²) in [6.07, 6.45) is 5.20. The normalized spacial score (nSPS) is 11.4. The average molecular weight is 422 g/mol. The van der Waals surface area contributed by atoms with E-state index in [-0.39, 0.29) is 5.56 Å². The van der Waals surface area contributed by atoms with E-state index in [4.69, 9.17) is 0 Å². The van der Waals surface area contributed by atoms with Crippen molar-refractivity contribution in [3.05, 3.63) is 62.4 Å². The van der Waals surface area contributed by atoms with Crippen LogP contribution in [-0.4, -0.2) is 21.0 Å². The van der Waals surface area contributed by atoms with Crippen LogP contribution >= 0.6 is 31.9 Å². The van der Waals surface area contributed by atoms with Crippen molar-refractivity contribution in [2.75, 3.05) is 0 Å². The van der Waals surface area contributed by atoms with Crippen LogP contribution in [0.15, 0.2) is 45.5 Å². The van der Waals surface area contributed by atoms with Crippen molar-refractivity contribution < 1.29 is 9.90 Å². The van der Waals surface area contributed by atoms with Gasteiger partial charge in [0.15, 0.2) is 0 Å². The fourth-order valence-corrected chi connectivity index (χ4v) is 2.80. The smallest absolute Gasteiger partial charge is 0.338 e. The summed E-state index contributed by atoms with van der Waals surface area (Å²) in [5.41, 5.74) is 2.33. The van der Waals surface area contributed by atoms with E-state index >= 15 is 0 Å². The van der Waals surface area contributed by atoms with Gasteiger partial charge < -0.3 is 10.1 Å². The van der Waals surface area contributed by atoms with Crippen LogP contribution in [0.4, 0.5) is 0 Å². The molecule has 2 heterocycles. The van der Waals surface area contributed by atoms with E-state index in [2.05, 4.69) is 41.8 Å². The molecule has 3 rings (SSSR count). The number of H-pyrrole nitrogens is 1. The van der Waals surface area contributed by atoms with Crippen LogP contribution in [0.5, 0.6) is 0 Å². The molecule has 0 bridgehead atoms. The first kappa shape index (κ1) is 15.0. The van der Waals surface area contributed by atoms with Gasteiger partial charge >= 0.3 is 5.97 Å². The molecule has 0 amide bonds. The van der Waals surface area contributed by atoms with E-state index in [0.29, 0.717) is 11.1 Å². The zero-order chi connectivity index (χ0) is 15.7. The standard InChI is InChI=1S/C16H10Br2N2O2/c17-9-2-5-12-14(7-9)20-13(15(12)16(21)22)6-4-11-3-1-10(18)8-19-11/h1-8,20H,(H,21,22)/b6-4+. The Balaban J connectivity index is 2.07. The Morgan fingerprint density at radius 1 is 1.14 bits per heavy atom. The molecular formula is C16H10Br2N2O2. The predicted molar refractivity (Wildman–Crippen MR) is 93.8 cm³/mol. The minimum Gasteiger partial charge on any atom is -0.478 e. The summed E-state index contributed by atoms with van der Waals surface area (Å²) >= 11 is 6.71. The maximum Gasteiger partial charge on any atom is 0.338 e. The maximum atomic E-state index is 11.6. The number of aromatic carboxylic acids is 1. The van der Waals surface area contributed by atoms with Gasteiger partial charge in [-0.05, 0) is 52.3 Å². The lowest BCUT2D eigenvalue weighted by Gasteiger charge is -1.95. The monoisotopic (exact) mass is 420 g/mol. The van der Waals surface area contributed by atoms with E-state index in [1.165, 1.54) is 0 Å². The Morgan fingerprint density at radius 3 is 2.59 bits per heavy atom. The number of carbonyl (C=O) groups is 1. The first-order chi connectivity index (χ1) is 10.5. The largest absolute Gasteiger partial charge is 0.478 e. The van der Waals surface area contributed by atoms with Crippen molar-refractivity contribution in [1.82, 2.24) is 9.97 Å². The van der Waals surface area contributed by atoms with Gasteiger partial charge in [-0.1, -0.05) is 22.0 Å². The molecule has 3 aromatic rings. The number of hydrogen-bond donors (Lipinski definition) is 2. The van der Waals surface area contributed by atoms with Crippen molar-refractivity contribution in [1.29, 1.82) is 0 Å². The molecule has 0 aliphatic carbocycles. The summed E-state index contributed by atoms with van der Waals surface area (Å²) in [6.45, 7) is 0. The highest BCUT2D eigenvalue weighted by Gasteiger charge is 2.16. The highest BCUT2D eigenvalue weighted by atomic mass is 79.9. The number of carboxylic acids is 1. The lowest BCUT2D eigenvalue weighted by molar-refractivity contribution is 0.0699. The minimum atomic E-state index is -0.961. The van der Waals surface area contributed by atoms with Gasteiger partial charge in [0.2, 0.25) is 0 Å². The molecule has 1 aromatic carbocycles. The Labute approximate surface area is 143 Å². The second-order valence-electron chi connectivity index (χ2n) is 4.64. The molecule has 0 aliphatic heterocycles. The molecule has 0 unspecified atom stereocenters. The fourth-order valence-electron chi connectivity index (χ4n) is 2.20. The molecular weight excluding hydrogens is 412 g/mol. The van der Waals surface area contributed by atoms with Crippen LogP contribution in [0.1, 0.15) is 21.7 Å². The topological polar surface area (TPSA) is 66.0 Å². The average Bonchev–Trinajstić information content (AvgIpc) is 2.84. The van der Waals surface area contributed by atoms with Gasteiger partial charge in [-0.15, -0.1) is 0 Å². The summed E-state index contributed by atoms with van der Waals surface area (Å²) in [7, 11) is 0. The number of benzene rings is 1. The highest BCUT2D eigenvalue weighted by molar-refractivity contribution is 9.10. The van der Waals surface area contributed by atoms with E-state index in [1.54, 1.807) is 24.4 Å². The van der Waals surface area contributed by atoms with Crippen molar-refractivity contribution in [3.63, 3.8) is 0 Å². The molecule has 2 aromatic heterocycles. The first-order valence-electron chi connectivity index (χ1n) is 6.39. The number of rotatable bonds is 3. The second-order valence-corrected chi connectivity index (χ2v) is 6.47. The van der Waals surface area contributed by atoms with Crippen LogP contribution in [0, 0.1) is 0 Å². The second kappa shape index (κ2) is 6.06. The highest BCUT2D eigenvalue weighted by Crippen LogP contribution is 2.26. The summed E-state index contributed by atoms with van der Waals surface area (Å²) < 4.78 is 1.79. The number of hydrogen-bond acceptors (Lipinski definition) is 2.